The van der Waals surface area contributed by atoms with E-state index in [-0.39, 0.29) is 0 Å². The lowest BCUT2D eigenvalue weighted by Crippen LogP contribution is -2.11. The van der Waals surface area contributed by atoms with Crippen molar-refractivity contribution in [2.24, 2.45) is 10.2 Å². The highest BCUT2D eigenvalue weighted by atomic mass is 127. The Morgan fingerprint density at radius 1 is 0.893 bits per heavy atom. The third kappa shape index (κ3) is 5.01. The fourth-order valence-corrected chi connectivity index (χ4v) is 2.97. The number of benzene rings is 3. The first-order valence-corrected chi connectivity index (χ1v) is 9.46. The van der Waals surface area contributed by atoms with Crippen LogP contribution in [0.4, 0.5) is 11.4 Å². The fourth-order valence-electron chi connectivity index (χ4n) is 2.35. The van der Waals surface area contributed by atoms with Crippen LogP contribution in [-0.2, 0) is 4.84 Å². The molecule has 0 radical (unpaired) electrons. The van der Waals surface area contributed by atoms with Crippen molar-refractivity contribution in [3.63, 3.8) is 0 Å². The number of anilines is 1. The molecule has 1 N–H and O–H groups in total. The molecule has 0 aliphatic carbocycles. The summed E-state index contributed by atoms with van der Waals surface area (Å²) in [6, 6.07) is 21.0. The molecule has 0 unspecified atom stereocenters. The van der Waals surface area contributed by atoms with E-state index in [1.807, 2.05) is 31.2 Å². The van der Waals surface area contributed by atoms with Gasteiger partial charge < -0.3 is 4.84 Å². The SMILES string of the molecule is Cc1ccccc1C(=O)ONc1ccc(N=NC(=O)c2ccccc2I)cc1. The summed E-state index contributed by atoms with van der Waals surface area (Å²) in [7, 11) is 0. The van der Waals surface area contributed by atoms with Gasteiger partial charge >= 0.3 is 5.97 Å². The monoisotopic (exact) mass is 485 g/mol. The number of azo groups is 1. The van der Waals surface area contributed by atoms with E-state index in [4.69, 9.17) is 4.84 Å². The van der Waals surface area contributed by atoms with Gasteiger partial charge in [0.1, 0.15) is 0 Å². The van der Waals surface area contributed by atoms with Gasteiger partial charge in [0, 0.05) is 3.57 Å². The zero-order valence-electron chi connectivity index (χ0n) is 14.9. The minimum atomic E-state index is -0.468. The summed E-state index contributed by atoms with van der Waals surface area (Å²) in [5.41, 5.74) is 5.53. The zero-order chi connectivity index (χ0) is 19.9. The quantitative estimate of drug-likeness (QED) is 0.285. The largest absolute Gasteiger partial charge is 0.363 e. The van der Waals surface area contributed by atoms with Crippen molar-refractivity contribution in [3.8, 4) is 0 Å². The second kappa shape index (κ2) is 9.23. The van der Waals surface area contributed by atoms with E-state index in [1.165, 1.54) is 0 Å². The van der Waals surface area contributed by atoms with Crippen LogP contribution in [-0.4, -0.2) is 11.9 Å². The fraction of sp³-hybridized carbons (Fsp3) is 0.0476. The van der Waals surface area contributed by atoms with Crippen LogP contribution in [0.25, 0.3) is 0 Å². The Morgan fingerprint density at radius 2 is 1.54 bits per heavy atom. The zero-order valence-corrected chi connectivity index (χ0v) is 17.1. The van der Waals surface area contributed by atoms with Crippen molar-refractivity contribution in [1.82, 2.24) is 0 Å². The summed E-state index contributed by atoms with van der Waals surface area (Å²) in [5, 5.41) is 7.71. The first kappa shape index (κ1) is 19.7. The number of nitrogens with one attached hydrogen (secondary N) is 1. The third-order valence-corrected chi connectivity index (χ3v) is 4.80. The highest BCUT2D eigenvalue weighted by molar-refractivity contribution is 14.1. The lowest BCUT2D eigenvalue weighted by molar-refractivity contribution is 0.0595. The summed E-state index contributed by atoms with van der Waals surface area (Å²) in [6.45, 7) is 1.84. The van der Waals surface area contributed by atoms with Crippen molar-refractivity contribution in [2.45, 2.75) is 6.92 Å². The molecule has 0 saturated heterocycles. The molecule has 3 aromatic rings. The molecule has 0 aliphatic rings. The predicted molar refractivity (Wildman–Crippen MR) is 115 cm³/mol. The molecule has 3 aromatic carbocycles. The van der Waals surface area contributed by atoms with Gasteiger partial charge in [-0.25, -0.2) is 10.3 Å². The van der Waals surface area contributed by atoms with Gasteiger partial charge in [-0.15, -0.1) is 10.2 Å². The number of halogens is 1. The maximum absolute atomic E-state index is 12.1. The van der Waals surface area contributed by atoms with Crippen molar-refractivity contribution in [3.05, 3.63) is 93.1 Å². The van der Waals surface area contributed by atoms with E-state index in [0.29, 0.717) is 22.5 Å². The van der Waals surface area contributed by atoms with Crippen LogP contribution in [0.2, 0.25) is 0 Å². The van der Waals surface area contributed by atoms with Gasteiger partial charge in [0.15, 0.2) is 0 Å². The Kier molecular flexibility index (Phi) is 6.49. The van der Waals surface area contributed by atoms with E-state index in [0.717, 1.165) is 9.13 Å². The van der Waals surface area contributed by atoms with Crippen LogP contribution >= 0.6 is 22.6 Å². The van der Waals surface area contributed by atoms with Crippen molar-refractivity contribution >= 4 is 45.8 Å². The lowest BCUT2D eigenvalue weighted by Gasteiger charge is -2.08. The number of hydrogen-bond donors (Lipinski definition) is 1. The second-order valence-corrected chi connectivity index (χ2v) is 7.00. The summed E-state index contributed by atoms with van der Waals surface area (Å²) in [4.78, 5) is 29.3. The molecule has 0 spiro atoms. The van der Waals surface area contributed by atoms with Crippen LogP contribution in [0, 0.1) is 10.5 Å². The minimum Gasteiger partial charge on any atom is -0.338 e. The Hall–Kier alpha value is -3.07. The Bertz CT molecular complexity index is 1030. The number of nitrogens with zero attached hydrogens (tertiary/aromatic N) is 2. The molecule has 7 heteroatoms. The molecule has 0 atom stereocenters. The molecule has 0 aliphatic heterocycles. The van der Waals surface area contributed by atoms with Crippen molar-refractivity contribution < 1.29 is 14.4 Å². The molecular formula is C21H16IN3O3. The maximum Gasteiger partial charge on any atom is 0.363 e. The van der Waals surface area contributed by atoms with Crippen LogP contribution in [0.15, 0.2) is 83.0 Å². The standard InChI is InChI=1S/C21H16IN3O3/c1-14-6-2-3-7-17(14)21(27)28-25-16-12-10-15(11-13-16)23-24-20(26)18-8-4-5-9-19(18)22/h2-13,25H,1H3. The van der Waals surface area contributed by atoms with Crippen LogP contribution in [0.1, 0.15) is 26.3 Å². The van der Waals surface area contributed by atoms with Gasteiger partial charge in [-0.2, -0.15) is 0 Å². The van der Waals surface area contributed by atoms with Crippen LogP contribution in [0.5, 0.6) is 0 Å². The molecule has 6 nitrogen and oxygen atoms in total. The molecule has 28 heavy (non-hydrogen) atoms. The average Bonchev–Trinajstić information content (AvgIpc) is 2.71. The highest BCUT2D eigenvalue weighted by Gasteiger charge is 2.10. The topological polar surface area (TPSA) is 80.1 Å². The van der Waals surface area contributed by atoms with E-state index in [2.05, 4.69) is 38.3 Å². The maximum atomic E-state index is 12.1. The van der Waals surface area contributed by atoms with Crippen LogP contribution < -0.4 is 5.48 Å². The molecule has 1 amide bonds. The number of aryl methyl sites for hydroxylation is 1. The number of hydrogen-bond acceptors (Lipinski definition) is 5. The first-order chi connectivity index (χ1) is 13.5. The number of carbonyl (C=O) groups is 2. The van der Waals surface area contributed by atoms with E-state index in [9.17, 15) is 9.59 Å². The molecule has 0 heterocycles. The number of carbonyl (C=O) groups excluding carboxylic acids is 2. The highest BCUT2D eigenvalue weighted by Crippen LogP contribution is 2.19. The van der Waals surface area contributed by atoms with Crippen molar-refractivity contribution in [2.75, 3.05) is 5.48 Å². The van der Waals surface area contributed by atoms with Gasteiger partial charge in [-0.05, 0) is 77.5 Å². The van der Waals surface area contributed by atoms with Crippen molar-refractivity contribution in [1.29, 1.82) is 0 Å². The summed E-state index contributed by atoms with van der Waals surface area (Å²) in [5.74, 6) is -0.871. The summed E-state index contributed by atoms with van der Waals surface area (Å²) < 4.78 is 0.819. The summed E-state index contributed by atoms with van der Waals surface area (Å²) >= 11 is 2.08. The van der Waals surface area contributed by atoms with E-state index < -0.39 is 11.9 Å². The van der Waals surface area contributed by atoms with Gasteiger partial charge in [0.2, 0.25) is 0 Å². The van der Waals surface area contributed by atoms with Gasteiger partial charge in [0.05, 0.1) is 22.5 Å². The Morgan fingerprint density at radius 3 is 2.21 bits per heavy atom. The molecular weight excluding hydrogens is 469 g/mol. The van der Waals surface area contributed by atoms with E-state index >= 15 is 0 Å². The minimum absolute atomic E-state index is 0.403. The third-order valence-electron chi connectivity index (χ3n) is 3.85. The van der Waals surface area contributed by atoms with Gasteiger partial charge in [-0.1, -0.05) is 30.3 Å². The second-order valence-electron chi connectivity index (χ2n) is 5.84. The molecule has 0 saturated carbocycles. The molecule has 0 fully saturated rings. The smallest absolute Gasteiger partial charge is 0.338 e. The molecule has 0 bridgehead atoms. The normalized spacial score (nSPS) is 10.6. The lowest BCUT2D eigenvalue weighted by atomic mass is 10.1. The predicted octanol–water partition coefficient (Wildman–Crippen LogP) is 5.71. The molecule has 0 aromatic heterocycles. The first-order valence-electron chi connectivity index (χ1n) is 8.38. The number of amides is 1. The van der Waals surface area contributed by atoms with E-state index in [1.54, 1.807) is 48.5 Å². The molecule has 140 valence electrons. The average molecular weight is 485 g/mol. The van der Waals surface area contributed by atoms with Gasteiger partial charge in [-0.3, -0.25) is 4.79 Å². The van der Waals surface area contributed by atoms with Gasteiger partial charge in [0.25, 0.3) is 5.91 Å². The number of rotatable bonds is 5. The Balaban J connectivity index is 1.59. The summed E-state index contributed by atoms with van der Waals surface area (Å²) in [6.07, 6.45) is 0. The molecule has 3 rings (SSSR count). The Labute approximate surface area is 175 Å². The van der Waals surface area contributed by atoms with Crippen LogP contribution in [0.3, 0.4) is 0 Å².